The van der Waals surface area contributed by atoms with Crippen LogP contribution in [0, 0.1) is 0 Å². The average molecular weight is 506 g/mol. The summed E-state index contributed by atoms with van der Waals surface area (Å²) in [5.74, 6) is 0. The Hall–Kier alpha value is 0.0569. The van der Waals surface area contributed by atoms with Crippen molar-refractivity contribution in [1.82, 2.24) is 0 Å². The van der Waals surface area contributed by atoms with Crippen molar-refractivity contribution in [2.75, 3.05) is 19.0 Å². The normalized spacial score (nSPS) is 13.6. The van der Waals surface area contributed by atoms with Gasteiger partial charge in [-0.1, -0.05) is 79.3 Å². The van der Waals surface area contributed by atoms with E-state index in [9.17, 15) is 0 Å². The molecule has 0 radical (unpaired) electrons. The fourth-order valence-electron chi connectivity index (χ4n) is 3.21. The number of ether oxygens (including phenoxy) is 1. The van der Waals surface area contributed by atoms with Crippen molar-refractivity contribution in [2.45, 2.75) is 116 Å². The van der Waals surface area contributed by atoms with Crippen LogP contribution < -0.4 is 0 Å². The van der Waals surface area contributed by atoms with Crippen molar-refractivity contribution < 1.29 is 13.6 Å². The van der Waals surface area contributed by atoms with E-state index < -0.39 is 8.56 Å². The molecule has 0 rings (SSSR count). The first-order valence-electron chi connectivity index (χ1n) is 12.3. The molecule has 1 unspecified atom stereocenters. The summed E-state index contributed by atoms with van der Waals surface area (Å²) in [7, 11) is -0.356. The molecule has 3 nitrogen and oxygen atoms in total. The lowest BCUT2D eigenvalue weighted by Crippen LogP contribution is -2.40. The van der Waals surface area contributed by atoms with Crippen LogP contribution in [-0.2, 0) is 13.6 Å². The van der Waals surface area contributed by atoms with Gasteiger partial charge in [-0.3, -0.25) is 0 Å². The average Bonchev–Trinajstić information content (AvgIpc) is 2.73. The second-order valence-electron chi connectivity index (χ2n) is 8.45. The summed E-state index contributed by atoms with van der Waals surface area (Å²) in [5.41, 5.74) is 0. The van der Waals surface area contributed by atoms with E-state index >= 15 is 0 Å². The van der Waals surface area contributed by atoms with Crippen molar-refractivity contribution in [1.29, 1.82) is 0 Å². The molecule has 0 N–H and O–H groups in total. The summed E-state index contributed by atoms with van der Waals surface area (Å²) in [4.78, 5) is 0. The molecule has 0 aromatic rings. The Morgan fingerprint density at radius 3 is 2.07 bits per heavy atom. The molecular formula is C25H49BrO3Si. The topological polar surface area (TPSA) is 27.7 Å². The molecule has 0 aromatic carbocycles. The van der Waals surface area contributed by atoms with E-state index in [0.29, 0.717) is 0 Å². The maximum Gasteiger partial charge on any atom is 0.333 e. The molecule has 1 atom stereocenters. The highest BCUT2D eigenvalue weighted by Gasteiger charge is 2.28. The van der Waals surface area contributed by atoms with Crippen molar-refractivity contribution in [3.05, 3.63) is 24.3 Å². The second-order valence-corrected chi connectivity index (χ2v) is 12.6. The van der Waals surface area contributed by atoms with Gasteiger partial charge in [0.1, 0.15) is 6.29 Å². The summed E-state index contributed by atoms with van der Waals surface area (Å²) < 4.78 is 17.7. The van der Waals surface area contributed by atoms with Gasteiger partial charge in [-0.2, -0.15) is 0 Å². The van der Waals surface area contributed by atoms with Crippen LogP contribution in [0.4, 0.5) is 0 Å². The highest BCUT2D eigenvalue weighted by molar-refractivity contribution is 9.09. The van der Waals surface area contributed by atoms with Crippen LogP contribution in [0.3, 0.4) is 0 Å². The zero-order chi connectivity index (χ0) is 22.3. The predicted octanol–water partition coefficient (Wildman–Crippen LogP) is 8.68. The van der Waals surface area contributed by atoms with Crippen molar-refractivity contribution in [3.8, 4) is 0 Å². The lowest BCUT2D eigenvalue weighted by molar-refractivity contribution is -0.0802. The third kappa shape index (κ3) is 21.3. The molecule has 0 saturated carbocycles. The molecular weight excluding hydrogens is 456 g/mol. The standard InChI is InChI=1S/C25H49BrO3Si/c1-5-6-7-8-9-10-11-12-13-14-15-16-17-18-19-22-25(27-2)29-30(3,4)28-24-21-20-23-26/h9-10,12-13,25H,5-8,11,14-24H2,1-4H3/b10-9-,13-12-. The molecule has 0 aliphatic heterocycles. The highest BCUT2D eigenvalue weighted by Crippen LogP contribution is 2.17. The lowest BCUT2D eigenvalue weighted by Gasteiger charge is -2.28. The molecule has 30 heavy (non-hydrogen) atoms. The molecule has 0 aliphatic rings. The number of hydrogen-bond donors (Lipinski definition) is 0. The minimum atomic E-state index is -2.10. The first kappa shape index (κ1) is 30.1. The van der Waals surface area contributed by atoms with E-state index in [1.54, 1.807) is 7.11 Å². The van der Waals surface area contributed by atoms with Crippen LogP contribution >= 0.6 is 15.9 Å². The summed E-state index contributed by atoms with van der Waals surface area (Å²) >= 11 is 3.46. The maximum absolute atomic E-state index is 6.15. The number of halogens is 1. The monoisotopic (exact) mass is 504 g/mol. The van der Waals surface area contributed by atoms with E-state index in [-0.39, 0.29) is 6.29 Å². The molecule has 5 heteroatoms. The van der Waals surface area contributed by atoms with E-state index in [1.807, 2.05) is 0 Å². The Morgan fingerprint density at radius 1 is 0.800 bits per heavy atom. The summed E-state index contributed by atoms with van der Waals surface area (Å²) in [5, 5.41) is 1.03. The Morgan fingerprint density at radius 2 is 1.43 bits per heavy atom. The first-order valence-corrected chi connectivity index (χ1v) is 16.2. The fraction of sp³-hybridized carbons (Fsp3) is 0.840. The maximum atomic E-state index is 6.15. The third-order valence-electron chi connectivity index (χ3n) is 5.05. The molecule has 0 bridgehead atoms. The van der Waals surface area contributed by atoms with Crippen molar-refractivity contribution in [2.24, 2.45) is 0 Å². The molecule has 178 valence electrons. The van der Waals surface area contributed by atoms with E-state index in [0.717, 1.165) is 44.0 Å². The van der Waals surface area contributed by atoms with Crippen LogP contribution in [0.25, 0.3) is 0 Å². The number of rotatable bonds is 22. The van der Waals surface area contributed by atoms with Gasteiger partial charge in [0, 0.05) is 19.0 Å². The fourth-order valence-corrected chi connectivity index (χ4v) is 5.16. The van der Waals surface area contributed by atoms with E-state index in [2.05, 4.69) is 60.3 Å². The summed E-state index contributed by atoms with van der Waals surface area (Å²) in [6.45, 7) is 7.27. The van der Waals surface area contributed by atoms with Gasteiger partial charge in [0.05, 0.1) is 0 Å². The van der Waals surface area contributed by atoms with E-state index in [1.165, 1.54) is 57.8 Å². The molecule has 0 fully saturated rings. The van der Waals surface area contributed by atoms with Gasteiger partial charge in [0.2, 0.25) is 0 Å². The quantitative estimate of drug-likeness (QED) is 0.0484. The lowest BCUT2D eigenvalue weighted by atomic mass is 10.1. The second kappa shape index (κ2) is 22.3. The van der Waals surface area contributed by atoms with Crippen LogP contribution in [0.5, 0.6) is 0 Å². The minimum Gasteiger partial charge on any atom is -0.394 e. The zero-order valence-electron chi connectivity index (χ0n) is 20.3. The number of methoxy groups -OCH3 is 1. The van der Waals surface area contributed by atoms with Gasteiger partial charge in [0.25, 0.3) is 0 Å². The van der Waals surface area contributed by atoms with Gasteiger partial charge < -0.3 is 13.6 Å². The Kier molecular flexibility index (Phi) is 22.3. The largest absolute Gasteiger partial charge is 0.394 e. The molecule has 0 heterocycles. The smallest absolute Gasteiger partial charge is 0.333 e. The number of hydrogen-bond acceptors (Lipinski definition) is 3. The Balaban J connectivity index is 3.63. The summed E-state index contributed by atoms with van der Waals surface area (Å²) in [6.07, 6.45) is 26.2. The third-order valence-corrected chi connectivity index (χ3v) is 7.34. The van der Waals surface area contributed by atoms with Crippen LogP contribution in [0.1, 0.15) is 96.8 Å². The predicted molar refractivity (Wildman–Crippen MR) is 138 cm³/mol. The molecule has 0 spiro atoms. The molecule has 0 aromatic heterocycles. The van der Waals surface area contributed by atoms with Gasteiger partial charge >= 0.3 is 8.56 Å². The van der Waals surface area contributed by atoms with Crippen LogP contribution in [0.15, 0.2) is 24.3 Å². The SMILES string of the molecule is CCCCC/C=C\C/C=C\CCCCCCCC(OC)O[Si](C)(C)OCCCCBr. The van der Waals surface area contributed by atoms with Crippen molar-refractivity contribution >= 4 is 24.5 Å². The van der Waals surface area contributed by atoms with Gasteiger partial charge in [-0.05, 0) is 70.9 Å². The molecule has 0 aliphatic carbocycles. The Labute approximate surface area is 197 Å². The van der Waals surface area contributed by atoms with Crippen LogP contribution in [-0.4, -0.2) is 33.9 Å². The number of alkyl halides is 1. The van der Waals surface area contributed by atoms with Gasteiger partial charge in [-0.25, -0.2) is 0 Å². The zero-order valence-corrected chi connectivity index (χ0v) is 22.9. The molecule has 0 amide bonds. The van der Waals surface area contributed by atoms with Gasteiger partial charge in [-0.15, -0.1) is 0 Å². The minimum absolute atomic E-state index is 0.124. The van der Waals surface area contributed by atoms with Crippen molar-refractivity contribution in [3.63, 3.8) is 0 Å². The highest BCUT2D eigenvalue weighted by atomic mass is 79.9. The van der Waals surface area contributed by atoms with Gasteiger partial charge in [0.15, 0.2) is 0 Å². The van der Waals surface area contributed by atoms with Crippen LogP contribution in [0.2, 0.25) is 13.1 Å². The number of unbranched alkanes of at least 4 members (excludes halogenated alkanes) is 9. The first-order chi connectivity index (χ1) is 14.6. The Bertz CT molecular complexity index is 413. The number of allylic oxidation sites excluding steroid dienone is 4. The van der Waals surface area contributed by atoms with E-state index in [4.69, 9.17) is 13.6 Å². The summed E-state index contributed by atoms with van der Waals surface area (Å²) in [6, 6.07) is 0. The molecule has 0 saturated heterocycles.